The van der Waals surface area contributed by atoms with Crippen LogP contribution in [0, 0.1) is 5.92 Å². The molecule has 1 rings (SSSR count). The quantitative estimate of drug-likeness (QED) is 0.790. The molecular formula is C15H22N2O4. The Bertz CT molecular complexity index is 471. The van der Waals surface area contributed by atoms with Crippen LogP contribution in [-0.2, 0) is 9.53 Å². The highest BCUT2D eigenvalue weighted by Gasteiger charge is 2.22. The molecule has 0 aliphatic carbocycles. The first kappa shape index (κ1) is 16.8. The second kappa shape index (κ2) is 8.14. The fraction of sp³-hybridized carbons (Fsp3) is 0.467. The van der Waals surface area contributed by atoms with Gasteiger partial charge in [0, 0.05) is 5.69 Å². The van der Waals surface area contributed by atoms with Gasteiger partial charge in [0.15, 0.2) is 0 Å². The molecule has 0 aliphatic rings. The summed E-state index contributed by atoms with van der Waals surface area (Å²) in [6.07, 6.45) is 0.517. The van der Waals surface area contributed by atoms with Crippen LogP contribution in [0.25, 0.3) is 0 Å². The van der Waals surface area contributed by atoms with E-state index in [1.807, 2.05) is 13.8 Å². The number of anilines is 1. The minimum Gasteiger partial charge on any atom is -0.497 e. The summed E-state index contributed by atoms with van der Waals surface area (Å²) < 4.78 is 9.74. The maximum Gasteiger partial charge on any atom is 0.328 e. The van der Waals surface area contributed by atoms with E-state index in [1.165, 1.54) is 7.11 Å². The average Bonchev–Trinajstić information content (AvgIpc) is 2.46. The zero-order chi connectivity index (χ0) is 15.8. The number of hydrogen-bond acceptors (Lipinski definition) is 4. The number of benzene rings is 1. The Morgan fingerprint density at radius 2 is 1.76 bits per heavy atom. The first-order valence-corrected chi connectivity index (χ1v) is 6.75. The zero-order valence-electron chi connectivity index (χ0n) is 12.8. The topological polar surface area (TPSA) is 76.7 Å². The highest BCUT2D eigenvalue weighted by Crippen LogP contribution is 2.15. The first-order valence-electron chi connectivity index (χ1n) is 6.75. The fourth-order valence-electron chi connectivity index (χ4n) is 1.83. The Balaban J connectivity index is 2.61. The fourth-order valence-corrected chi connectivity index (χ4v) is 1.83. The van der Waals surface area contributed by atoms with Gasteiger partial charge in [-0.2, -0.15) is 0 Å². The number of urea groups is 1. The van der Waals surface area contributed by atoms with E-state index < -0.39 is 18.0 Å². The van der Waals surface area contributed by atoms with Gasteiger partial charge in [-0.15, -0.1) is 0 Å². The van der Waals surface area contributed by atoms with Crippen molar-refractivity contribution in [2.45, 2.75) is 26.3 Å². The van der Waals surface area contributed by atoms with Gasteiger partial charge in [0.05, 0.1) is 14.2 Å². The van der Waals surface area contributed by atoms with Crippen LogP contribution in [0.5, 0.6) is 5.75 Å². The monoisotopic (exact) mass is 294 g/mol. The highest BCUT2D eigenvalue weighted by molar-refractivity contribution is 5.92. The SMILES string of the molecule is COC(=O)C(CC(C)C)NC(=O)Nc1ccc(OC)cc1. The predicted molar refractivity (Wildman–Crippen MR) is 80.4 cm³/mol. The van der Waals surface area contributed by atoms with Crippen molar-refractivity contribution in [3.63, 3.8) is 0 Å². The number of amides is 2. The van der Waals surface area contributed by atoms with Crippen molar-refractivity contribution in [1.29, 1.82) is 0 Å². The third-order valence-electron chi connectivity index (χ3n) is 2.85. The predicted octanol–water partition coefficient (Wildman–Crippen LogP) is 2.40. The van der Waals surface area contributed by atoms with Crippen LogP contribution < -0.4 is 15.4 Å². The molecule has 0 radical (unpaired) electrons. The number of methoxy groups -OCH3 is 2. The molecule has 0 heterocycles. The van der Waals surface area contributed by atoms with Gasteiger partial charge in [-0.05, 0) is 36.6 Å². The summed E-state index contributed by atoms with van der Waals surface area (Å²) in [6.45, 7) is 3.94. The van der Waals surface area contributed by atoms with Crippen LogP contribution in [0.15, 0.2) is 24.3 Å². The summed E-state index contributed by atoms with van der Waals surface area (Å²) >= 11 is 0. The zero-order valence-corrected chi connectivity index (χ0v) is 12.8. The number of nitrogens with one attached hydrogen (secondary N) is 2. The summed E-state index contributed by atoms with van der Waals surface area (Å²) in [7, 11) is 2.88. The smallest absolute Gasteiger partial charge is 0.328 e. The molecule has 1 atom stereocenters. The Morgan fingerprint density at radius 3 is 2.24 bits per heavy atom. The lowest BCUT2D eigenvalue weighted by atomic mass is 10.0. The van der Waals surface area contributed by atoms with Crippen molar-refractivity contribution in [1.82, 2.24) is 5.32 Å². The molecule has 2 amide bonds. The summed E-state index contributed by atoms with van der Waals surface area (Å²) in [6, 6.07) is 5.80. The number of esters is 1. The lowest BCUT2D eigenvalue weighted by Gasteiger charge is -2.18. The summed E-state index contributed by atoms with van der Waals surface area (Å²) in [5.41, 5.74) is 0.612. The standard InChI is InChI=1S/C15H22N2O4/c1-10(2)9-13(14(18)21-4)17-15(19)16-11-5-7-12(20-3)8-6-11/h5-8,10,13H,9H2,1-4H3,(H2,16,17,19). The molecule has 0 bridgehead atoms. The van der Waals surface area contributed by atoms with Crippen molar-refractivity contribution in [3.05, 3.63) is 24.3 Å². The van der Waals surface area contributed by atoms with Crippen molar-refractivity contribution in [3.8, 4) is 5.75 Å². The minimum atomic E-state index is -0.659. The van der Waals surface area contributed by atoms with Crippen LogP contribution >= 0.6 is 0 Å². The molecule has 1 unspecified atom stereocenters. The van der Waals surface area contributed by atoms with E-state index in [1.54, 1.807) is 31.4 Å². The minimum absolute atomic E-state index is 0.260. The van der Waals surface area contributed by atoms with E-state index >= 15 is 0 Å². The van der Waals surface area contributed by atoms with E-state index in [0.29, 0.717) is 17.9 Å². The largest absolute Gasteiger partial charge is 0.497 e. The van der Waals surface area contributed by atoms with E-state index in [4.69, 9.17) is 9.47 Å². The molecule has 0 spiro atoms. The first-order chi connectivity index (χ1) is 9.96. The second-order valence-corrected chi connectivity index (χ2v) is 5.03. The van der Waals surface area contributed by atoms with Gasteiger partial charge in [-0.1, -0.05) is 13.8 Å². The Morgan fingerprint density at radius 1 is 1.14 bits per heavy atom. The molecule has 0 aliphatic heterocycles. The molecular weight excluding hydrogens is 272 g/mol. The number of rotatable bonds is 6. The lowest BCUT2D eigenvalue weighted by Crippen LogP contribution is -2.44. The molecule has 1 aromatic rings. The summed E-state index contributed by atoms with van der Waals surface area (Å²) in [5.74, 6) is 0.511. The average molecular weight is 294 g/mol. The molecule has 1 aromatic carbocycles. The van der Waals surface area contributed by atoms with E-state index in [-0.39, 0.29) is 5.92 Å². The lowest BCUT2D eigenvalue weighted by molar-refractivity contribution is -0.143. The van der Waals surface area contributed by atoms with E-state index in [0.717, 1.165) is 0 Å². The Labute approximate surface area is 124 Å². The number of carbonyl (C=O) groups is 2. The molecule has 0 aromatic heterocycles. The molecule has 6 heteroatoms. The molecule has 0 saturated heterocycles. The van der Waals surface area contributed by atoms with Gasteiger partial charge < -0.3 is 20.1 Å². The van der Waals surface area contributed by atoms with Crippen LogP contribution in [-0.4, -0.2) is 32.3 Å². The molecule has 0 saturated carbocycles. The van der Waals surface area contributed by atoms with E-state index in [2.05, 4.69) is 10.6 Å². The van der Waals surface area contributed by atoms with Crippen molar-refractivity contribution in [2.24, 2.45) is 5.92 Å². The van der Waals surface area contributed by atoms with Gasteiger partial charge in [-0.25, -0.2) is 9.59 Å². The van der Waals surface area contributed by atoms with Crippen LogP contribution in [0.2, 0.25) is 0 Å². The van der Waals surface area contributed by atoms with Gasteiger partial charge in [0.25, 0.3) is 0 Å². The summed E-state index contributed by atoms with van der Waals surface area (Å²) in [5, 5.41) is 5.28. The molecule has 2 N–H and O–H groups in total. The number of hydrogen-bond donors (Lipinski definition) is 2. The van der Waals surface area contributed by atoms with Crippen LogP contribution in [0.4, 0.5) is 10.5 Å². The maximum atomic E-state index is 11.9. The number of carbonyl (C=O) groups excluding carboxylic acids is 2. The maximum absolute atomic E-state index is 11.9. The third-order valence-corrected chi connectivity index (χ3v) is 2.85. The van der Waals surface area contributed by atoms with Gasteiger partial charge >= 0.3 is 12.0 Å². The summed E-state index contributed by atoms with van der Waals surface area (Å²) in [4.78, 5) is 23.6. The highest BCUT2D eigenvalue weighted by atomic mass is 16.5. The van der Waals surface area contributed by atoms with Gasteiger partial charge in [0.1, 0.15) is 11.8 Å². The Kier molecular flexibility index (Phi) is 6.52. The molecule has 0 fully saturated rings. The van der Waals surface area contributed by atoms with E-state index in [9.17, 15) is 9.59 Å². The van der Waals surface area contributed by atoms with Gasteiger partial charge in [-0.3, -0.25) is 0 Å². The van der Waals surface area contributed by atoms with Crippen molar-refractivity contribution < 1.29 is 19.1 Å². The molecule has 116 valence electrons. The molecule has 6 nitrogen and oxygen atoms in total. The van der Waals surface area contributed by atoms with Gasteiger partial charge in [0.2, 0.25) is 0 Å². The van der Waals surface area contributed by atoms with Crippen molar-refractivity contribution in [2.75, 3.05) is 19.5 Å². The molecule has 21 heavy (non-hydrogen) atoms. The van der Waals surface area contributed by atoms with Crippen LogP contribution in [0.1, 0.15) is 20.3 Å². The van der Waals surface area contributed by atoms with Crippen molar-refractivity contribution >= 4 is 17.7 Å². The Hall–Kier alpha value is -2.24. The van der Waals surface area contributed by atoms with Crippen LogP contribution in [0.3, 0.4) is 0 Å². The third kappa shape index (κ3) is 5.72. The second-order valence-electron chi connectivity index (χ2n) is 5.03. The normalized spacial score (nSPS) is 11.7. The number of ether oxygens (including phenoxy) is 2.